The number of aromatic nitrogens is 1. The third-order valence-electron chi connectivity index (χ3n) is 6.19. The Morgan fingerprint density at radius 2 is 1.95 bits per heavy atom. The zero-order valence-electron chi connectivity index (χ0n) is 22.2. The molecule has 10 heteroatoms. The highest BCUT2D eigenvalue weighted by Crippen LogP contribution is 2.24. The molecule has 38 heavy (non-hydrogen) atoms. The number of amides is 2. The van der Waals surface area contributed by atoms with Gasteiger partial charge in [-0.05, 0) is 25.3 Å². The first kappa shape index (κ1) is 28.8. The van der Waals surface area contributed by atoms with Crippen molar-refractivity contribution in [2.45, 2.75) is 59.2 Å². The van der Waals surface area contributed by atoms with Gasteiger partial charge in [0.05, 0.1) is 12.5 Å². The third kappa shape index (κ3) is 7.85. The van der Waals surface area contributed by atoms with Gasteiger partial charge in [-0.15, -0.1) is 0 Å². The zero-order chi connectivity index (χ0) is 27.8. The lowest BCUT2D eigenvalue weighted by atomic mass is 9.94. The van der Waals surface area contributed by atoms with Gasteiger partial charge in [-0.2, -0.15) is 0 Å². The molecular weight excluding hydrogens is 490 g/mol. The van der Waals surface area contributed by atoms with Crippen molar-refractivity contribution in [3.63, 3.8) is 0 Å². The average Bonchev–Trinajstić information content (AvgIpc) is 3.52. The maximum atomic E-state index is 13.1. The number of fused-ring (bicyclic) bond motifs is 3. The Kier molecular flexibility index (Phi) is 9.95. The summed E-state index contributed by atoms with van der Waals surface area (Å²) in [6.45, 7) is 8.00. The summed E-state index contributed by atoms with van der Waals surface area (Å²) >= 11 is 0. The summed E-state index contributed by atoms with van der Waals surface area (Å²) in [4.78, 5) is 56.3. The van der Waals surface area contributed by atoms with E-state index in [1.54, 1.807) is 37.3 Å². The third-order valence-corrected chi connectivity index (χ3v) is 6.19. The number of ketones is 1. The first-order valence-corrected chi connectivity index (χ1v) is 12.7. The molecule has 3 unspecified atom stereocenters. The number of carbonyl (C=O) groups is 4. The van der Waals surface area contributed by atoms with Crippen LogP contribution in [-0.4, -0.2) is 63.9 Å². The van der Waals surface area contributed by atoms with Crippen LogP contribution in [0.2, 0.25) is 0 Å². The smallest absolute Gasteiger partial charge is 0.355 e. The number of carbonyl (C=O) groups excluding carboxylic acids is 4. The fraction of sp³-hybridized carbons (Fsp3) is 0.464. The van der Waals surface area contributed by atoms with Crippen molar-refractivity contribution in [1.82, 2.24) is 15.2 Å². The van der Waals surface area contributed by atoms with E-state index in [2.05, 4.69) is 10.3 Å². The van der Waals surface area contributed by atoms with E-state index in [4.69, 9.17) is 9.15 Å². The van der Waals surface area contributed by atoms with Gasteiger partial charge in [0, 0.05) is 25.4 Å². The summed E-state index contributed by atoms with van der Waals surface area (Å²) in [5, 5.41) is 13.0. The summed E-state index contributed by atoms with van der Waals surface area (Å²) in [7, 11) is 0. The Balaban J connectivity index is 1.86. The second-order valence-electron chi connectivity index (χ2n) is 9.84. The lowest BCUT2D eigenvalue weighted by Gasteiger charge is -2.27. The predicted octanol–water partition coefficient (Wildman–Crippen LogP) is 2.66. The molecule has 0 aromatic carbocycles. The maximum Gasteiger partial charge on any atom is 0.355 e. The van der Waals surface area contributed by atoms with Gasteiger partial charge in [0.15, 0.2) is 5.69 Å². The Bertz CT molecular complexity index is 1170. The van der Waals surface area contributed by atoms with Crippen LogP contribution < -0.4 is 5.32 Å². The SMILES string of the molecule is CC1=C/C(O)CC(=O)Cc2nc(co2)C(=O)N2CCC=C2C(=O)OC(C(C)C)C(C)/C=C/C(=O)NC/C=C\1. The molecule has 1 aromatic heterocycles. The van der Waals surface area contributed by atoms with Crippen LogP contribution in [0.15, 0.2) is 58.4 Å². The molecule has 0 saturated heterocycles. The van der Waals surface area contributed by atoms with E-state index in [0.717, 1.165) is 11.8 Å². The summed E-state index contributed by atoms with van der Waals surface area (Å²) in [5.41, 5.74) is 0.809. The number of allylic oxidation sites excluding steroid dienone is 2. The monoisotopic (exact) mass is 525 g/mol. The molecule has 2 aliphatic heterocycles. The number of rotatable bonds is 1. The number of oxazole rings is 1. The molecule has 0 saturated carbocycles. The first-order chi connectivity index (χ1) is 18.0. The minimum absolute atomic E-state index is 0.0315. The molecule has 3 heterocycles. The summed E-state index contributed by atoms with van der Waals surface area (Å²) < 4.78 is 11.1. The van der Waals surface area contributed by atoms with Gasteiger partial charge in [0.2, 0.25) is 11.8 Å². The van der Waals surface area contributed by atoms with E-state index < -0.39 is 24.1 Å². The molecule has 204 valence electrons. The van der Waals surface area contributed by atoms with Crippen molar-refractivity contribution < 1.29 is 33.4 Å². The van der Waals surface area contributed by atoms with Crippen LogP contribution in [0.5, 0.6) is 0 Å². The number of nitrogens with one attached hydrogen (secondary N) is 1. The van der Waals surface area contributed by atoms with Crippen LogP contribution in [0.4, 0.5) is 0 Å². The fourth-order valence-corrected chi connectivity index (χ4v) is 4.33. The Labute approximate surface area is 222 Å². The molecule has 0 aliphatic carbocycles. The van der Waals surface area contributed by atoms with Crippen LogP contribution in [-0.2, 0) is 25.5 Å². The van der Waals surface area contributed by atoms with Gasteiger partial charge in [0.25, 0.3) is 5.91 Å². The van der Waals surface area contributed by atoms with E-state index >= 15 is 0 Å². The van der Waals surface area contributed by atoms with E-state index in [9.17, 15) is 24.3 Å². The number of hydrogen-bond donors (Lipinski definition) is 2. The van der Waals surface area contributed by atoms with E-state index in [0.29, 0.717) is 6.42 Å². The fourth-order valence-electron chi connectivity index (χ4n) is 4.33. The summed E-state index contributed by atoms with van der Waals surface area (Å²) in [6.07, 6.45) is 9.48. The van der Waals surface area contributed by atoms with Crippen LogP contribution in [0.3, 0.4) is 0 Å². The molecule has 2 bridgehead atoms. The van der Waals surface area contributed by atoms with Gasteiger partial charge in [-0.1, -0.05) is 56.7 Å². The van der Waals surface area contributed by atoms with E-state index in [1.165, 1.54) is 11.0 Å². The molecule has 0 spiro atoms. The lowest BCUT2D eigenvalue weighted by molar-refractivity contribution is -0.149. The van der Waals surface area contributed by atoms with Crippen LogP contribution in [0.1, 0.15) is 56.9 Å². The Morgan fingerprint density at radius 1 is 1.18 bits per heavy atom. The molecule has 3 atom stereocenters. The topological polar surface area (TPSA) is 139 Å². The Morgan fingerprint density at radius 3 is 2.68 bits per heavy atom. The predicted molar refractivity (Wildman–Crippen MR) is 139 cm³/mol. The second kappa shape index (κ2) is 13.1. The minimum atomic E-state index is -1.01. The van der Waals surface area contributed by atoms with Crippen molar-refractivity contribution in [1.29, 1.82) is 0 Å². The highest BCUT2D eigenvalue weighted by molar-refractivity contribution is 6.00. The zero-order valence-corrected chi connectivity index (χ0v) is 22.2. The molecule has 1 aromatic rings. The van der Waals surface area contributed by atoms with Crippen molar-refractivity contribution in [3.8, 4) is 0 Å². The second-order valence-corrected chi connectivity index (χ2v) is 9.84. The molecule has 0 radical (unpaired) electrons. The molecule has 3 rings (SSSR count). The highest BCUT2D eigenvalue weighted by atomic mass is 16.5. The van der Waals surface area contributed by atoms with Gasteiger partial charge in [0.1, 0.15) is 23.8 Å². The van der Waals surface area contributed by atoms with E-state index in [-0.39, 0.29) is 66.7 Å². The molecule has 0 fully saturated rings. The van der Waals surface area contributed by atoms with Gasteiger partial charge in [-0.3, -0.25) is 14.4 Å². The number of hydrogen-bond acceptors (Lipinski definition) is 8. The Hall–Kier alpha value is -3.79. The van der Waals surface area contributed by atoms with Crippen LogP contribution >= 0.6 is 0 Å². The van der Waals surface area contributed by atoms with Gasteiger partial charge >= 0.3 is 5.97 Å². The van der Waals surface area contributed by atoms with Crippen LogP contribution in [0, 0.1) is 11.8 Å². The number of aliphatic hydroxyl groups is 1. The van der Waals surface area contributed by atoms with Gasteiger partial charge < -0.3 is 24.5 Å². The number of esters is 1. The van der Waals surface area contributed by atoms with Crippen LogP contribution in [0.25, 0.3) is 0 Å². The summed E-state index contributed by atoms with van der Waals surface area (Å²) in [5.74, 6) is -2.07. The van der Waals surface area contributed by atoms with Crippen molar-refractivity contribution >= 4 is 23.6 Å². The van der Waals surface area contributed by atoms with Crippen molar-refractivity contribution in [2.75, 3.05) is 13.1 Å². The largest absolute Gasteiger partial charge is 0.457 e. The normalized spacial score (nSPS) is 27.6. The number of cyclic esters (lactones) is 1. The standard InChI is InChI=1S/C28H35N3O7/c1-17(2)26-19(4)9-10-24(34)29-11-5-7-18(3)13-20(32)14-21(33)15-25-30-22(16-37-25)27(35)31-12-6-8-23(31)28(36)38-26/h5,7-10,13,16-17,19-20,26,32H,6,11-12,14-15H2,1-4H3,(H,29,34)/b7-5-,10-9+,18-13-. The molecule has 2 N–H and O–H groups in total. The molecular formula is C28H35N3O7. The van der Waals surface area contributed by atoms with E-state index in [1.807, 2.05) is 20.8 Å². The first-order valence-electron chi connectivity index (χ1n) is 12.7. The molecule has 2 aliphatic rings. The number of aliphatic hydroxyl groups excluding tert-OH is 1. The number of nitrogens with zero attached hydrogens (tertiary/aromatic N) is 2. The summed E-state index contributed by atoms with van der Waals surface area (Å²) in [6, 6.07) is 0. The molecule has 2 amide bonds. The lowest BCUT2D eigenvalue weighted by Crippen LogP contribution is -2.36. The highest BCUT2D eigenvalue weighted by Gasteiger charge is 2.33. The number of Topliss-reactive ketones (excluding diaryl/α,β-unsaturated/α-hetero) is 1. The van der Waals surface area contributed by atoms with Crippen molar-refractivity contribution in [2.24, 2.45) is 11.8 Å². The maximum absolute atomic E-state index is 13.1. The minimum Gasteiger partial charge on any atom is -0.457 e. The van der Waals surface area contributed by atoms with Gasteiger partial charge in [-0.25, -0.2) is 9.78 Å². The van der Waals surface area contributed by atoms with Crippen molar-refractivity contribution in [3.05, 3.63) is 65.6 Å². The number of ether oxygens (including phenoxy) is 1. The molecule has 10 nitrogen and oxygen atoms in total. The quantitative estimate of drug-likeness (QED) is 0.534. The average molecular weight is 526 g/mol.